The number of likely N-dealkylation sites (tertiary alicyclic amines) is 1. The van der Waals surface area contributed by atoms with Crippen LogP contribution in [-0.4, -0.2) is 33.8 Å². The summed E-state index contributed by atoms with van der Waals surface area (Å²) in [5.41, 5.74) is -1.08. The standard InChI is InChI=1S/C16H25NO4/c1-9-11(7-6-10(13(19)20)16(9,4)5)17-12(18)8-15(2,3)14(17)21/h9-11H,6-8H2,1-5H3,(H,19,20). The van der Waals surface area contributed by atoms with Crippen molar-refractivity contribution in [2.24, 2.45) is 22.7 Å². The summed E-state index contributed by atoms with van der Waals surface area (Å²) in [6.45, 7) is 9.42. The molecular weight excluding hydrogens is 270 g/mol. The highest BCUT2D eigenvalue weighted by molar-refractivity contribution is 6.05. The van der Waals surface area contributed by atoms with Crippen LogP contribution in [0.1, 0.15) is 53.9 Å². The van der Waals surface area contributed by atoms with Gasteiger partial charge in [0.2, 0.25) is 11.8 Å². The van der Waals surface area contributed by atoms with Crippen molar-refractivity contribution in [2.75, 3.05) is 0 Å². The van der Waals surface area contributed by atoms with Gasteiger partial charge in [0.15, 0.2) is 0 Å². The smallest absolute Gasteiger partial charge is 0.307 e. The fourth-order valence-electron chi connectivity index (χ4n) is 3.88. The van der Waals surface area contributed by atoms with Crippen LogP contribution in [0.2, 0.25) is 0 Å². The Labute approximate surface area is 125 Å². The zero-order chi connectivity index (χ0) is 16.2. The second-order valence-electron chi connectivity index (χ2n) is 7.78. The molecule has 2 fully saturated rings. The number of rotatable bonds is 2. The Morgan fingerprint density at radius 2 is 1.76 bits per heavy atom. The van der Waals surface area contributed by atoms with Crippen molar-refractivity contribution in [3.05, 3.63) is 0 Å². The molecule has 1 aliphatic carbocycles. The summed E-state index contributed by atoms with van der Waals surface area (Å²) in [6.07, 6.45) is 1.34. The highest BCUT2D eigenvalue weighted by Gasteiger charge is 2.54. The fourth-order valence-corrected chi connectivity index (χ4v) is 3.88. The molecule has 1 saturated heterocycles. The zero-order valence-electron chi connectivity index (χ0n) is 13.5. The normalized spacial score (nSPS) is 35.1. The average Bonchev–Trinajstić information content (AvgIpc) is 2.52. The van der Waals surface area contributed by atoms with Crippen LogP contribution in [0, 0.1) is 22.7 Å². The molecule has 2 aliphatic rings. The molecule has 0 radical (unpaired) electrons. The van der Waals surface area contributed by atoms with Gasteiger partial charge in [-0.05, 0) is 24.2 Å². The maximum absolute atomic E-state index is 12.5. The van der Waals surface area contributed by atoms with Gasteiger partial charge in [-0.25, -0.2) is 0 Å². The lowest BCUT2D eigenvalue weighted by Crippen LogP contribution is -2.54. The van der Waals surface area contributed by atoms with E-state index in [-0.39, 0.29) is 30.2 Å². The van der Waals surface area contributed by atoms with Crippen molar-refractivity contribution in [1.82, 2.24) is 4.90 Å². The Balaban J connectivity index is 2.29. The minimum Gasteiger partial charge on any atom is -0.481 e. The largest absolute Gasteiger partial charge is 0.481 e. The van der Waals surface area contributed by atoms with E-state index in [1.54, 1.807) is 13.8 Å². The van der Waals surface area contributed by atoms with E-state index in [1.807, 2.05) is 20.8 Å². The molecule has 0 aromatic heterocycles. The summed E-state index contributed by atoms with van der Waals surface area (Å²) in [5, 5.41) is 9.38. The van der Waals surface area contributed by atoms with Crippen LogP contribution >= 0.6 is 0 Å². The molecule has 1 heterocycles. The van der Waals surface area contributed by atoms with Crippen LogP contribution in [-0.2, 0) is 14.4 Å². The van der Waals surface area contributed by atoms with Gasteiger partial charge in [0, 0.05) is 12.5 Å². The van der Waals surface area contributed by atoms with E-state index in [4.69, 9.17) is 0 Å². The van der Waals surface area contributed by atoms with Gasteiger partial charge in [-0.3, -0.25) is 19.3 Å². The summed E-state index contributed by atoms with van der Waals surface area (Å²) in [7, 11) is 0. The minimum atomic E-state index is -0.787. The Kier molecular flexibility index (Phi) is 3.67. The number of carbonyl (C=O) groups excluding carboxylic acids is 2. The van der Waals surface area contributed by atoms with Crippen LogP contribution < -0.4 is 0 Å². The van der Waals surface area contributed by atoms with Gasteiger partial charge >= 0.3 is 5.97 Å². The molecule has 0 aromatic rings. The van der Waals surface area contributed by atoms with E-state index in [1.165, 1.54) is 4.90 Å². The lowest BCUT2D eigenvalue weighted by atomic mass is 9.60. The number of hydrogen-bond acceptors (Lipinski definition) is 3. The number of carbonyl (C=O) groups is 3. The molecule has 0 aromatic carbocycles. The number of carboxylic acids is 1. The van der Waals surface area contributed by atoms with E-state index >= 15 is 0 Å². The Bertz CT molecular complexity index is 495. The van der Waals surface area contributed by atoms with Crippen LogP contribution in [0.25, 0.3) is 0 Å². The molecule has 3 unspecified atom stereocenters. The number of hydrogen-bond donors (Lipinski definition) is 1. The third-order valence-electron chi connectivity index (χ3n) is 5.69. The van der Waals surface area contributed by atoms with Gasteiger partial charge < -0.3 is 5.11 Å². The molecule has 0 bridgehead atoms. The van der Waals surface area contributed by atoms with E-state index < -0.39 is 22.7 Å². The molecule has 0 spiro atoms. The van der Waals surface area contributed by atoms with E-state index in [2.05, 4.69) is 0 Å². The van der Waals surface area contributed by atoms with Crippen LogP contribution in [0.3, 0.4) is 0 Å². The van der Waals surface area contributed by atoms with Crippen LogP contribution in [0.15, 0.2) is 0 Å². The monoisotopic (exact) mass is 295 g/mol. The first kappa shape index (κ1) is 16.0. The van der Waals surface area contributed by atoms with Crippen LogP contribution in [0.5, 0.6) is 0 Å². The topological polar surface area (TPSA) is 74.7 Å². The van der Waals surface area contributed by atoms with E-state index in [9.17, 15) is 19.5 Å². The molecular formula is C16H25NO4. The second kappa shape index (κ2) is 4.82. The van der Waals surface area contributed by atoms with Gasteiger partial charge in [-0.2, -0.15) is 0 Å². The first-order valence-electron chi connectivity index (χ1n) is 7.59. The second-order valence-corrected chi connectivity index (χ2v) is 7.78. The first-order valence-corrected chi connectivity index (χ1v) is 7.59. The van der Waals surface area contributed by atoms with Gasteiger partial charge in [-0.1, -0.05) is 34.6 Å². The Hall–Kier alpha value is -1.39. The third-order valence-corrected chi connectivity index (χ3v) is 5.69. The predicted octanol–water partition coefficient (Wildman–Crippen LogP) is 2.30. The lowest BCUT2D eigenvalue weighted by Gasteiger charge is -2.48. The van der Waals surface area contributed by atoms with Gasteiger partial charge in [0.1, 0.15) is 0 Å². The summed E-state index contributed by atoms with van der Waals surface area (Å²) in [5.74, 6) is -1.48. The summed E-state index contributed by atoms with van der Waals surface area (Å²) >= 11 is 0. The Morgan fingerprint density at radius 3 is 2.19 bits per heavy atom. The lowest BCUT2D eigenvalue weighted by molar-refractivity contribution is -0.155. The molecule has 2 rings (SSSR count). The summed E-state index contributed by atoms with van der Waals surface area (Å²) < 4.78 is 0. The van der Waals surface area contributed by atoms with Gasteiger partial charge in [0.05, 0.1) is 11.3 Å². The Morgan fingerprint density at radius 1 is 1.19 bits per heavy atom. The maximum Gasteiger partial charge on any atom is 0.307 e. The maximum atomic E-state index is 12.5. The van der Waals surface area contributed by atoms with E-state index in [0.717, 1.165) is 0 Å². The highest BCUT2D eigenvalue weighted by atomic mass is 16.4. The zero-order valence-corrected chi connectivity index (χ0v) is 13.5. The number of aliphatic carboxylic acids is 1. The van der Waals surface area contributed by atoms with E-state index in [0.29, 0.717) is 12.8 Å². The molecule has 5 heteroatoms. The van der Waals surface area contributed by atoms with Crippen molar-refractivity contribution in [3.63, 3.8) is 0 Å². The van der Waals surface area contributed by atoms with Gasteiger partial charge in [-0.15, -0.1) is 0 Å². The van der Waals surface area contributed by atoms with Crippen LogP contribution in [0.4, 0.5) is 0 Å². The molecule has 118 valence electrons. The molecule has 1 N–H and O–H groups in total. The average molecular weight is 295 g/mol. The SMILES string of the molecule is CC1C(N2C(=O)CC(C)(C)C2=O)CCC(C(=O)O)C1(C)C. The summed E-state index contributed by atoms with van der Waals surface area (Å²) in [6, 6.07) is -0.183. The molecule has 5 nitrogen and oxygen atoms in total. The number of carboxylic acid groups (broad SMARTS) is 1. The molecule has 21 heavy (non-hydrogen) atoms. The highest BCUT2D eigenvalue weighted by Crippen LogP contribution is 2.48. The number of nitrogens with zero attached hydrogens (tertiary/aromatic N) is 1. The number of amides is 2. The van der Waals surface area contributed by atoms with Crippen molar-refractivity contribution in [1.29, 1.82) is 0 Å². The van der Waals surface area contributed by atoms with Crippen molar-refractivity contribution in [2.45, 2.75) is 59.9 Å². The number of imide groups is 1. The van der Waals surface area contributed by atoms with Crippen molar-refractivity contribution < 1.29 is 19.5 Å². The molecule has 2 amide bonds. The van der Waals surface area contributed by atoms with Crippen molar-refractivity contribution >= 4 is 17.8 Å². The quantitative estimate of drug-likeness (QED) is 0.793. The molecule has 3 atom stereocenters. The fraction of sp³-hybridized carbons (Fsp3) is 0.812. The van der Waals surface area contributed by atoms with Gasteiger partial charge in [0.25, 0.3) is 0 Å². The third kappa shape index (κ3) is 2.36. The predicted molar refractivity (Wildman–Crippen MR) is 77.3 cm³/mol. The molecule has 1 saturated carbocycles. The minimum absolute atomic E-state index is 0.0332. The van der Waals surface area contributed by atoms with Crippen molar-refractivity contribution in [3.8, 4) is 0 Å². The summed E-state index contributed by atoms with van der Waals surface area (Å²) in [4.78, 5) is 37.6. The molecule has 1 aliphatic heterocycles. The first-order chi connectivity index (χ1) is 9.50.